The molecule has 16 heavy (non-hydrogen) atoms. The van der Waals surface area contributed by atoms with Crippen LogP contribution in [0.25, 0.3) is 0 Å². The summed E-state index contributed by atoms with van der Waals surface area (Å²) in [4.78, 5) is 19.1. The van der Waals surface area contributed by atoms with E-state index in [0.717, 1.165) is 11.4 Å². The van der Waals surface area contributed by atoms with Crippen LogP contribution in [0.1, 0.15) is 12.5 Å². The molecule has 0 aliphatic rings. The van der Waals surface area contributed by atoms with Crippen molar-refractivity contribution in [3.63, 3.8) is 0 Å². The molecule has 0 saturated heterocycles. The van der Waals surface area contributed by atoms with E-state index < -0.39 is 5.97 Å². The van der Waals surface area contributed by atoms with E-state index >= 15 is 0 Å². The van der Waals surface area contributed by atoms with Gasteiger partial charge in [0.1, 0.15) is 0 Å². The van der Waals surface area contributed by atoms with E-state index in [1.165, 1.54) is 6.07 Å². The average molecular weight is 355 g/mol. The number of aliphatic carboxylic acids is 1. The number of hydrogen-bond donors (Lipinski definition) is 1. The van der Waals surface area contributed by atoms with Crippen LogP contribution in [0.3, 0.4) is 0 Å². The van der Waals surface area contributed by atoms with Crippen LogP contribution in [-0.4, -0.2) is 16.0 Å². The summed E-state index contributed by atoms with van der Waals surface area (Å²) in [6.45, 7) is 1.08. The van der Waals surface area contributed by atoms with E-state index in [4.69, 9.17) is 9.90 Å². The van der Waals surface area contributed by atoms with Crippen molar-refractivity contribution in [3.8, 4) is 0 Å². The number of hydrogen-bond acceptors (Lipinski definition) is 3. The molecule has 1 aromatic carbocycles. The smallest absolute Gasteiger partial charge is 0.300 e. The van der Waals surface area contributed by atoms with Gasteiger partial charge in [-0.15, -0.1) is 0 Å². The minimum absolute atomic E-state index is 0.140. The number of rotatable bonds is 2. The van der Waals surface area contributed by atoms with Gasteiger partial charge in [-0.05, 0) is 6.07 Å². The van der Waals surface area contributed by atoms with E-state index in [0.29, 0.717) is 10.9 Å². The fraction of sp³-hybridized carbons (Fsp3) is 0.222. The monoisotopic (exact) mass is 353 g/mol. The highest BCUT2D eigenvalue weighted by Crippen LogP contribution is 2.28. The minimum atomic E-state index is -0.833. The van der Waals surface area contributed by atoms with Gasteiger partial charge in [0.2, 0.25) is 0 Å². The Hall–Kier alpha value is -0.950. The second-order valence-corrected chi connectivity index (χ2v) is 4.06. The molecule has 1 N–H and O–H groups in total. The molecule has 1 aromatic rings. The Balaban J connectivity index is 0.000000487. The van der Waals surface area contributed by atoms with Crippen molar-refractivity contribution in [1.29, 1.82) is 0 Å². The zero-order valence-corrected chi connectivity index (χ0v) is 11.5. The summed E-state index contributed by atoms with van der Waals surface area (Å²) in [7, 11) is 0. The van der Waals surface area contributed by atoms with Crippen LogP contribution in [-0.2, 0) is 10.1 Å². The summed E-state index contributed by atoms with van der Waals surface area (Å²) in [6, 6.07) is 4.92. The maximum atomic E-state index is 10.5. The fourth-order valence-electron chi connectivity index (χ4n) is 0.851. The van der Waals surface area contributed by atoms with Crippen molar-refractivity contribution in [2.45, 2.75) is 12.3 Å². The lowest BCUT2D eigenvalue weighted by Gasteiger charge is -2.00. The van der Waals surface area contributed by atoms with Crippen LogP contribution in [0.5, 0.6) is 0 Å². The topological polar surface area (TPSA) is 80.4 Å². The van der Waals surface area contributed by atoms with Gasteiger partial charge in [0.25, 0.3) is 11.7 Å². The lowest BCUT2D eigenvalue weighted by Crippen LogP contribution is -1.93. The number of nitrogens with zero attached hydrogens (tertiary/aromatic N) is 1. The van der Waals surface area contributed by atoms with Gasteiger partial charge in [-0.1, -0.05) is 37.9 Å². The highest BCUT2D eigenvalue weighted by atomic mass is 79.9. The van der Waals surface area contributed by atoms with Crippen molar-refractivity contribution in [1.82, 2.24) is 0 Å². The number of benzene rings is 1. The van der Waals surface area contributed by atoms with Crippen molar-refractivity contribution < 1.29 is 14.8 Å². The molecule has 88 valence electrons. The molecule has 0 aromatic heterocycles. The summed E-state index contributed by atoms with van der Waals surface area (Å²) in [5.41, 5.74) is 0.809. The van der Waals surface area contributed by atoms with Gasteiger partial charge in [-0.3, -0.25) is 14.9 Å². The van der Waals surface area contributed by atoms with Crippen LogP contribution < -0.4 is 0 Å². The number of carbonyl (C=O) groups is 1. The number of carboxylic acids is 1. The van der Waals surface area contributed by atoms with E-state index in [-0.39, 0.29) is 10.6 Å². The highest BCUT2D eigenvalue weighted by Gasteiger charge is 2.14. The van der Waals surface area contributed by atoms with Crippen LogP contribution in [0.2, 0.25) is 0 Å². The zero-order valence-electron chi connectivity index (χ0n) is 8.31. The SMILES string of the molecule is CC(=O)O.O=[N+]([O-])c1cccc(Br)c1CBr. The van der Waals surface area contributed by atoms with Crippen LogP contribution >= 0.6 is 31.9 Å². The van der Waals surface area contributed by atoms with Crippen LogP contribution in [0.4, 0.5) is 5.69 Å². The third kappa shape index (κ3) is 5.22. The molecule has 0 aliphatic carbocycles. The highest BCUT2D eigenvalue weighted by molar-refractivity contribution is 9.10. The molecule has 0 aliphatic heterocycles. The van der Waals surface area contributed by atoms with E-state index in [1.807, 2.05) is 0 Å². The van der Waals surface area contributed by atoms with Crippen molar-refractivity contribution in [2.24, 2.45) is 0 Å². The molecule has 0 heterocycles. The maximum absolute atomic E-state index is 10.5. The maximum Gasteiger partial charge on any atom is 0.300 e. The number of nitro groups is 1. The lowest BCUT2D eigenvalue weighted by atomic mass is 10.2. The predicted molar refractivity (Wildman–Crippen MR) is 66.7 cm³/mol. The second kappa shape index (κ2) is 7.34. The van der Waals surface area contributed by atoms with Gasteiger partial charge in [0, 0.05) is 22.8 Å². The molecule has 0 atom stereocenters. The Labute approximate surface area is 109 Å². The Morgan fingerprint density at radius 3 is 2.38 bits per heavy atom. The van der Waals surface area contributed by atoms with Gasteiger partial charge in [-0.25, -0.2) is 0 Å². The predicted octanol–water partition coefficient (Wildman–Crippen LogP) is 3.34. The lowest BCUT2D eigenvalue weighted by molar-refractivity contribution is -0.385. The van der Waals surface area contributed by atoms with Gasteiger partial charge in [0.15, 0.2) is 0 Å². The molecule has 0 spiro atoms. The number of alkyl halides is 1. The summed E-state index contributed by atoms with van der Waals surface area (Å²) < 4.78 is 0.758. The van der Waals surface area contributed by atoms with E-state index in [1.54, 1.807) is 12.1 Å². The molecule has 0 saturated carbocycles. The number of nitro benzene ring substituents is 1. The van der Waals surface area contributed by atoms with Crippen LogP contribution in [0.15, 0.2) is 22.7 Å². The Morgan fingerprint density at radius 1 is 1.56 bits per heavy atom. The van der Waals surface area contributed by atoms with Gasteiger partial charge in [-0.2, -0.15) is 0 Å². The first kappa shape index (κ1) is 15.0. The summed E-state index contributed by atoms with van der Waals surface area (Å²) in [5, 5.41) is 18.4. The Morgan fingerprint density at radius 2 is 2.06 bits per heavy atom. The molecule has 1 rings (SSSR count). The molecular formula is C9H9Br2NO4. The molecule has 0 radical (unpaired) electrons. The first-order valence-electron chi connectivity index (χ1n) is 4.07. The molecule has 0 amide bonds. The van der Waals surface area contributed by atoms with Crippen LogP contribution in [0, 0.1) is 10.1 Å². The molecule has 7 heteroatoms. The molecule has 5 nitrogen and oxygen atoms in total. The summed E-state index contributed by atoms with van der Waals surface area (Å²) in [6.07, 6.45) is 0. The van der Waals surface area contributed by atoms with E-state index in [2.05, 4.69) is 31.9 Å². The van der Waals surface area contributed by atoms with Crippen molar-refractivity contribution in [2.75, 3.05) is 0 Å². The quantitative estimate of drug-likeness (QED) is 0.501. The third-order valence-electron chi connectivity index (χ3n) is 1.42. The second-order valence-electron chi connectivity index (χ2n) is 2.65. The summed E-state index contributed by atoms with van der Waals surface area (Å²) >= 11 is 6.43. The standard InChI is InChI=1S/C7H5Br2NO2.C2H4O2/c8-4-5-6(9)2-1-3-7(5)10(11)12;1-2(3)4/h1-3H,4H2;1H3,(H,3,4). The molecule has 0 unspecified atom stereocenters. The van der Waals surface area contributed by atoms with Gasteiger partial charge >= 0.3 is 0 Å². The molecular weight excluding hydrogens is 346 g/mol. The fourth-order valence-corrected chi connectivity index (χ4v) is 2.31. The molecule has 0 fully saturated rings. The minimum Gasteiger partial charge on any atom is -0.481 e. The largest absolute Gasteiger partial charge is 0.481 e. The normalized spacial score (nSPS) is 8.94. The first-order valence-corrected chi connectivity index (χ1v) is 5.98. The Bertz CT molecular complexity index is 391. The number of carboxylic acid groups (broad SMARTS) is 1. The average Bonchev–Trinajstić information content (AvgIpc) is 2.16. The van der Waals surface area contributed by atoms with Gasteiger partial charge in [0.05, 0.1) is 10.5 Å². The number of halogens is 2. The first-order chi connectivity index (χ1) is 7.40. The zero-order chi connectivity index (χ0) is 12.7. The Kier molecular flexibility index (Phi) is 6.91. The van der Waals surface area contributed by atoms with Gasteiger partial charge < -0.3 is 5.11 Å². The third-order valence-corrected chi connectivity index (χ3v) is 2.73. The molecule has 0 bridgehead atoms. The van der Waals surface area contributed by atoms with Crippen molar-refractivity contribution >= 4 is 43.5 Å². The summed E-state index contributed by atoms with van der Waals surface area (Å²) in [5.74, 6) is -0.833. The van der Waals surface area contributed by atoms with Crippen molar-refractivity contribution in [3.05, 3.63) is 38.3 Å². The van der Waals surface area contributed by atoms with E-state index in [9.17, 15) is 10.1 Å².